The van der Waals surface area contributed by atoms with Crippen molar-refractivity contribution in [2.45, 2.75) is 57.4 Å². The van der Waals surface area contributed by atoms with E-state index in [4.69, 9.17) is 5.84 Å². The van der Waals surface area contributed by atoms with Crippen LogP contribution in [0.5, 0.6) is 0 Å². The van der Waals surface area contributed by atoms with Gasteiger partial charge in [0.15, 0.2) is 9.84 Å². The smallest absolute Gasteiger partial charge is 0.154 e. The molecule has 0 aliphatic carbocycles. The van der Waals surface area contributed by atoms with Gasteiger partial charge in [-0.3, -0.25) is 16.0 Å². The lowest BCUT2D eigenvalue weighted by atomic mass is 10.0. The highest BCUT2D eigenvalue weighted by atomic mass is 32.2. The van der Waals surface area contributed by atoms with Gasteiger partial charge < -0.3 is 0 Å². The summed E-state index contributed by atoms with van der Waals surface area (Å²) in [7, 11) is -3.04. The summed E-state index contributed by atoms with van der Waals surface area (Å²) in [6.45, 7) is 4.74. The summed E-state index contributed by atoms with van der Waals surface area (Å²) in [5.74, 6) is 5.91. The summed E-state index contributed by atoms with van der Waals surface area (Å²) in [5, 5.41) is 4.01. The molecular weight excluding hydrogens is 276 g/mol. The fraction of sp³-hybridized carbons (Fsp3) is 0.769. The van der Waals surface area contributed by atoms with Crippen molar-refractivity contribution >= 4 is 9.84 Å². The van der Waals surface area contributed by atoms with Crippen molar-refractivity contribution in [1.29, 1.82) is 0 Å². The first-order valence-electron chi connectivity index (χ1n) is 7.19. The predicted octanol–water partition coefficient (Wildman–Crippen LogP) is 0.553. The standard InChI is InChI=1S/C13H24N4O2S/c1-3-17-11(8-10(2)16-17)9-12(15-14)13-6-4-5-7-20(13,18)19/h8,12-13,15H,3-7,9,14H2,1-2H3. The minimum atomic E-state index is -3.04. The zero-order valence-corrected chi connectivity index (χ0v) is 13.0. The van der Waals surface area contributed by atoms with Gasteiger partial charge in [0.2, 0.25) is 0 Å². The van der Waals surface area contributed by atoms with Crippen LogP contribution >= 0.6 is 0 Å². The second-order valence-corrected chi connectivity index (χ2v) is 7.81. The molecule has 2 heterocycles. The largest absolute Gasteiger partial charge is 0.271 e. The third-order valence-electron chi connectivity index (χ3n) is 4.01. The SMILES string of the molecule is CCn1nc(C)cc1CC(NN)C1CCCCS1(=O)=O. The number of aromatic nitrogens is 2. The van der Waals surface area contributed by atoms with E-state index in [2.05, 4.69) is 10.5 Å². The van der Waals surface area contributed by atoms with Crippen LogP contribution in [0.2, 0.25) is 0 Å². The molecule has 2 unspecified atom stereocenters. The average molecular weight is 300 g/mol. The van der Waals surface area contributed by atoms with Crippen molar-refractivity contribution < 1.29 is 8.42 Å². The molecule has 1 aromatic heterocycles. The number of hydrogen-bond donors (Lipinski definition) is 2. The van der Waals surface area contributed by atoms with Crippen LogP contribution in [-0.4, -0.2) is 35.2 Å². The van der Waals surface area contributed by atoms with Crippen molar-refractivity contribution in [1.82, 2.24) is 15.2 Å². The Hall–Kier alpha value is -0.920. The molecule has 0 saturated carbocycles. The van der Waals surface area contributed by atoms with E-state index < -0.39 is 9.84 Å². The number of hydrogen-bond acceptors (Lipinski definition) is 5. The number of sulfone groups is 1. The van der Waals surface area contributed by atoms with Gasteiger partial charge in [0.05, 0.1) is 16.7 Å². The molecule has 2 atom stereocenters. The Morgan fingerprint density at radius 1 is 1.55 bits per heavy atom. The fourth-order valence-corrected chi connectivity index (χ4v) is 5.10. The molecule has 0 radical (unpaired) electrons. The normalized spacial score (nSPS) is 23.6. The first-order valence-corrected chi connectivity index (χ1v) is 8.90. The lowest BCUT2D eigenvalue weighted by Gasteiger charge is -2.29. The molecule has 3 N–H and O–H groups in total. The van der Waals surface area contributed by atoms with Crippen LogP contribution in [-0.2, 0) is 22.8 Å². The third kappa shape index (κ3) is 3.21. The average Bonchev–Trinajstić information content (AvgIpc) is 2.76. The Kier molecular flexibility index (Phi) is 4.82. The molecule has 7 heteroatoms. The Bertz CT molecular complexity index is 553. The van der Waals surface area contributed by atoms with Gasteiger partial charge in [-0.1, -0.05) is 6.42 Å². The summed E-state index contributed by atoms with van der Waals surface area (Å²) in [6, 6.07) is 1.75. The van der Waals surface area contributed by atoms with Crippen molar-refractivity contribution in [3.05, 3.63) is 17.5 Å². The number of nitrogens with one attached hydrogen (secondary N) is 1. The van der Waals surface area contributed by atoms with Crippen LogP contribution in [0, 0.1) is 6.92 Å². The van der Waals surface area contributed by atoms with E-state index in [0.717, 1.165) is 30.8 Å². The summed E-state index contributed by atoms with van der Waals surface area (Å²) in [4.78, 5) is 0. The zero-order valence-electron chi connectivity index (χ0n) is 12.2. The lowest BCUT2D eigenvalue weighted by molar-refractivity contribution is 0.430. The Morgan fingerprint density at radius 3 is 2.90 bits per heavy atom. The molecule has 1 fully saturated rings. The van der Waals surface area contributed by atoms with Crippen LogP contribution in [0.4, 0.5) is 0 Å². The summed E-state index contributed by atoms with van der Waals surface area (Å²) in [5.41, 5.74) is 4.70. The molecule has 0 bridgehead atoms. The summed E-state index contributed by atoms with van der Waals surface area (Å²) >= 11 is 0. The highest BCUT2D eigenvalue weighted by molar-refractivity contribution is 7.92. The monoisotopic (exact) mass is 300 g/mol. The predicted molar refractivity (Wildman–Crippen MR) is 78.9 cm³/mol. The maximum absolute atomic E-state index is 12.2. The molecule has 2 rings (SSSR count). The van der Waals surface area contributed by atoms with Crippen LogP contribution in [0.15, 0.2) is 6.07 Å². The van der Waals surface area contributed by atoms with Gasteiger partial charge in [-0.25, -0.2) is 8.42 Å². The highest BCUT2D eigenvalue weighted by Crippen LogP contribution is 2.24. The van der Waals surface area contributed by atoms with E-state index in [-0.39, 0.29) is 17.0 Å². The molecule has 1 aliphatic rings. The minimum absolute atomic E-state index is 0.248. The second kappa shape index (κ2) is 6.24. The maximum atomic E-state index is 12.2. The quantitative estimate of drug-likeness (QED) is 0.612. The van der Waals surface area contributed by atoms with E-state index in [0.29, 0.717) is 12.8 Å². The fourth-order valence-electron chi connectivity index (χ4n) is 2.99. The molecule has 0 aromatic carbocycles. The first-order chi connectivity index (χ1) is 9.47. The van der Waals surface area contributed by atoms with Gasteiger partial charge in [-0.15, -0.1) is 0 Å². The third-order valence-corrected chi connectivity index (χ3v) is 6.35. The van der Waals surface area contributed by atoms with Gasteiger partial charge in [-0.2, -0.15) is 5.10 Å². The van der Waals surface area contributed by atoms with E-state index >= 15 is 0 Å². The van der Waals surface area contributed by atoms with Crippen LogP contribution in [0.25, 0.3) is 0 Å². The second-order valence-electron chi connectivity index (χ2n) is 5.47. The van der Waals surface area contributed by atoms with Crippen molar-refractivity contribution in [2.75, 3.05) is 5.75 Å². The molecular formula is C13H24N4O2S. The summed E-state index contributed by atoms with van der Waals surface area (Å²) in [6.07, 6.45) is 3.00. The van der Waals surface area contributed by atoms with E-state index in [1.807, 2.05) is 24.6 Å². The molecule has 20 heavy (non-hydrogen) atoms. The van der Waals surface area contributed by atoms with Crippen molar-refractivity contribution in [3.8, 4) is 0 Å². The number of nitrogens with zero attached hydrogens (tertiary/aromatic N) is 2. The van der Waals surface area contributed by atoms with E-state index in [1.165, 1.54) is 0 Å². The maximum Gasteiger partial charge on any atom is 0.154 e. The first kappa shape index (κ1) is 15.5. The van der Waals surface area contributed by atoms with Crippen molar-refractivity contribution in [3.63, 3.8) is 0 Å². The lowest BCUT2D eigenvalue weighted by Crippen LogP contribution is -2.50. The van der Waals surface area contributed by atoms with Gasteiger partial charge in [0.1, 0.15) is 0 Å². The Balaban J connectivity index is 2.20. The van der Waals surface area contributed by atoms with Crippen LogP contribution in [0.1, 0.15) is 37.6 Å². The van der Waals surface area contributed by atoms with Crippen LogP contribution in [0.3, 0.4) is 0 Å². The zero-order chi connectivity index (χ0) is 14.8. The van der Waals surface area contributed by atoms with E-state index in [1.54, 1.807) is 0 Å². The molecule has 1 saturated heterocycles. The Labute approximate surface area is 120 Å². The van der Waals surface area contributed by atoms with Gasteiger partial charge in [-0.05, 0) is 32.8 Å². The number of hydrazine groups is 1. The van der Waals surface area contributed by atoms with E-state index in [9.17, 15) is 8.42 Å². The molecule has 0 amide bonds. The topological polar surface area (TPSA) is 90.0 Å². The molecule has 114 valence electrons. The number of rotatable bonds is 5. The molecule has 0 spiro atoms. The molecule has 1 aromatic rings. The number of nitrogens with two attached hydrogens (primary N) is 1. The van der Waals surface area contributed by atoms with Crippen molar-refractivity contribution in [2.24, 2.45) is 5.84 Å². The summed E-state index contributed by atoms with van der Waals surface area (Å²) < 4.78 is 26.3. The van der Waals surface area contributed by atoms with Gasteiger partial charge in [0.25, 0.3) is 0 Å². The van der Waals surface area contributed by atoms with Gasteiger partial charge in [0, 0.05) is 24.7 Å². The Morgan fingerprint density at radius 2 is 2.30 bits per heavy atom. The van der Waals surface area contributed by atoms with Gasteiger partial charge >= 0.3 is 0 Å². The minimum Gasteiger partial charge on any atom is -0.271 e. The molecule has 6 nitrogen and oxygen atoms in total. The highest BCUT2D eigenvalue weighted by Gasteiger charge is 2.35. The number of aryl methyl sites for hydroxylation is 2. The van der Waals surface area contributed by atoms with Crippen LogP contribution < -0.4 is 11.3 Å². The molecule has 1 aliphatic heterocycles.